The second-order valence-electron chi connectivity index (χ2n) is 6.02. The molecular weight excluding hydrogens is 412 g/mol. The van der Waals surface area contributed by atoms with Crippen molar-refractivity contribution >= 4 is 23.3 Å². The number of rotatable bonds is 6. The molecular formula is C19H14N4O8. The second-order valence-corrected chi connectivity index (χ2v) is 6.02. The lowest BCUT2D eigenvalue weighted by atomic mass is 10.0. The highest BCUT2D eigenvalue weighted by Gasteiger charge is 2.34. The highest BCUT2D eigenvalue weighted by molar-refractivity contribution is 6.07. The first-order valence-electron chi connectivity index (χ1n) is 8.58. The van der Waals surface area contributed by atoms with Crippen LogP contribution in [0.3, 0.4) is 0 Å². The summed E-state index contributed by atoms with van der Waals surface area (Å²) in [6.45, 7) is 0. The number of aromatic nitrogens is 2. The molecule has 12 nitrogen and oxygen atoms in total. The molecule has 0 unspecified atom stereocenters. The lowest BCUT2D eigenvalue weighted by Crippen LogP contribution is -2.15. The number of carbonyl (C=O) groups is 2. The quantitative estimate of drug-likeness (QED) is 0.328. The fourth-order valence-corrected chi connectivity index (χ4v) is 2.93. The third kappa shape index (κ3) is 3.81. The standard InChI is InChI=1S/C19H14N4O8/c1-30-18(24)15-16(13-9-8-12(22(26)27)10-14(13)23(28)29)20-21(17(15)19(25)31-2)11-6-4-3-5-7-11/h3-10H,1-2H3. The van der Waals surface area contributed by atoms with Gasteiger partial charge in [-0.1, -0.05) is 18.2 Å². The summed E-state index contributed by atoms with van der Waals surface area (Å²) >= 11 is 0. The van der Waals surface area contributed by atoms with Gasteiger partial charge in [0.05, 0.1) is 41.4 Å². The van der Waals surface area contributed by atoms with E-state index in [1.165, 1.54) is 0 Å². The van der Waals surface area contributed by atoms with Crippen LogP contribution in [0.5, 0.6) is 0 Å². The number of methoxy groups -OCH3 is 2. The van der Waals surface area contributed by atoms with Gasteiger partial charge in [-0.15, -0.1) is 0 Å². The van der Waals surface area contributed by atoms with Gasteiger partial charge in [0.2, 0.25) is 0 Å². The number of carbonyl (C=O) groups excluding carboxylic acids is 2. The fourth-order valence-electron chi connectivity index (χ4n) is 2.93. The molecule has 3 rings (SSSR count). The number of nitrogens with zero attached hydrogens (tertiary/aromatic N) is 4. The molecule has 0 bridgehead atoms. The number of nitro groups is 2. The van der Waals surface area contributed by atoms with E-state index in [4.69, 9.17) is 9.47 Å². The van der Waals surface area contributed by atoms with Crippen molar-refractivity contribution in [2.24, 2.45) is 0 Å². The summed E-state index contributed by atoms with van der Waals surface area (Å²) in [7, 11) is 2.16. The molecule has 1 aromatic heterocycles. The summed E-state index contributed by atoms with van der Waals surface area (Å²) in [6.07, 6.45) is 0. The van der Waals surface area contributed by atoms with Gasteiger partial charge < -0.3 is 9.47 Å². The Balaban J connectivity index is 2.42. The Morgan fingerprint density at radius 3 is 2.13 bits per heavy atom. The molecule has 158 valence electrons. The molecule has 0 radical (unpaired) electrons. The predicted molar refractivity (Wildman–Crippen MR) is 105 cm³/mol. The fraction of sp³-hybridized carbons (Fsp3) is 0.105. The Labute approximate surface area is 173 Å². The van der Waals surface area contributed by atoms with Crippen molar-refractivity contribution < 1.29 is 28.9 Å². The number of esters is 2. The minimum atomic E-state index is -0.995. The number of benzene rings is 2. The van der Waals surface area contributed by atoms with Crippen LogP contribution in [0.4, 0.5) is 11.4 Å². The average molecular weight is 426 g/mol. The zero-order valence-electron chi connectivity index (χ0n) is 16.2. The maximum atomic E-state index is 12.6. The molecule has 0 fully saturated rings. The normalized spacial score (nSPS) is 10.4. The van der Waals surface area contributed by atoms with Crippen LogP contribution < -0.4 is 0 Å². The van der Waals surface area contributed by atoms with Gasteiger partial charge in [0, 0.05) is 6.07 Å². The molecule has 0 N–H and O–H groups in total. The number of hydrogen-bond donors (Lipinski definition) is 0. The zero-order valence-corrected chi connectivity index (χ0v) is 16.2. The first-order chi connectivity index (χ1) is 14.8. The van der Waals surface area contributed by atoms with E-state index in [1.807, 2.05) is 0 Å². The van der Waals surface area contributed by atoms with Gasteiger partial charge in [-0.05, 0) is 18.2 Å². The number of para-hydroxylation sites is 1. The van der Waals surface area contributed by atoms with Crippen LogP contribution in [0, 0.1) is 20.2 Å². The molecule has 12 heteroatoms. The van der Waals surface area contributed by atoms with E-state index in [-0.39, 0.29) is 22.5 Å². The summed E-state index contributed by atoms with van der Waals surface area (Å²) in [6, 6.07) is 11.1. The summed E-state index contributed by atoms with van der Waals surface area (Å²) in [5.41, 5.74) is -2.00. The van der Waals surface area contributed by atoms with Gasteiger partial charge in [-0.2, -0.15) is 5.10 Å². The van der Waals surface area contributed by atoms with Crippen LogP contribution in [0.1, 0.15) is 20.8 Å². The molecule has 0 aliphatic carbocycles. The lowest BCUT2D eigenvalue weighted by molar-refractivity contribution is -0.393. The first-order valence-corrected chi connectivity index (χ1v) is 8.58. The Hall–Kier alpha value is -4.61. The third-order valence-electron chi connectivity index (χ3n) is 4.30. The maximum Gasteiger partial charge on any atom is 0.357 e. The average Bonchev–Trinajstić information content (AvgIpc) is 3.18. The number of nitro benzene ring substituents is 2. The molecule has 0 aliphatic heterocycles. The van der Waals surface area contributed by atoms with Crippen molar-refractivity contribution in [2.75, 3.05) is 14.2 Å². The molecule has 0 saturated heterocycles. The highest BCUT2D eigenvalue weighted by atomic mass is 16.6. The summed E-state index contributed by atoms with van der Waals surface area (Å²) in [5, 5.41) is 26.9. The number of ether oxygens (including phenoxy) is 2. The summed E-state index contributed by atoms with van der Waals surface area (Å²) < 4.78 is 10.6. The number of non-ortho nitro benzene ring substituents is 1. The van der Waals surface area contributed by atoms with Crippen LogP contribution in [0.25, 0.3) is 16.9 Å². The van der Waals surface area contributed by atoms with Crippen molar-refractivity contribution in [1.29, 1.82) is 0 Å². The zero-order chi connectivity index (χ0) is 22.7. The van der Waals surface area contributed by atoms with Crippen molar-refractivity contribution in [3.8, 4) is 16.9 Å². The monoisotopic (exact) mass is 426 g/mol. The van der Waals surface area contributed by atoms with Gasteiger partial charge in [-0.25, -0.2) is 14.3 Å². The van der Waals surface area contributed by atoms with Crippen LogP contribution in [0.15, 0.2) is 48.5 Å². The summed E-state index contributed by atoms with van der Waals surface area (Å²) in [5.74, 6) is -1.93. The second kappa shape index (κ2) is 8.41. The van der Waals surface area contributed by atoms with Crippen molar-refractivity contribution in [3.05, 3.63) is 80.0 Å². The van der Waals surface area contributed by atoms with Crippen molar-refractivity contribution in [1.82, 2.24) is 9.78 Å². The van der Waals surface area contributed by atoms with Gasteiger partial charge in [0.15, 0.2) is 5.69 Å². The van der Waals surface area contributed by atoms with Crippen molar-refractivity contribution in [2.45, 2.75) is 0 Å². The van der Waals surface area contributed by atoms with Crippen LogP contribution >= 0.6 is 0 Å². The molecule has 1 heterocycles. The third-order valence-corrected chi connectivity index (χ3v) is 4.30. The minimum Gasteiger partial charge on any atom is -0.465 e. The van der Waals surface area contributed by atoms with Crippen LogP contribution in [0.2, 0.25) is 0 Å². The van der Waals surface area contributed by atoms with Gasteiger partial charge in [0.25, 0.3) is 11.4 Å². The molecule has 0 atom stereocenters. The first kappa shape index (κ1) is 21.1. The van der Waals surface area contributed by atoms with Gasteiger partial charge >= 0.3 is 11.9 Å². The smallest absolute Gasteiger partial charge is 0.357 e. The molecule has 31 heavy (non-hydrogen) atoms. The molecule has 0 amide bonds. The molecule has 0 aliphatic rings. The summed E-state index contributed by atoms with van der Waals surface area (Å²) in [4.78, 5) is 46.2. The highest BCUT2D eigenvalue weighted by Crippen LogP contribution is 2.36. The van der Waals surface area contributed by atoms with Crippen molar-refractivity contribution in [3.63, 3.8) is 0 Å². The predicted octanol–water partition coefficient (Wildman–Crippen LogP) is 2.93. The van der Waals surface area contributed by atoms with E-state index in [2.05, 4.69) is 5.10 Å². The van der Waals surface area contributed by atoms with Crippen LogP contribution in [-0.4, -0.2) is 45.8 Å². The van der Waals surface area contributed by atoms with E-state index in [0.29, 0.717) is 5.69 Å². The molecule has 2 aromatic carbocycles. The van der Waals surface area contributed by atoms with Gasteiger partial charge in [-0.3, -0.25) is 20.2 Å². The molecule has 0 saturated carbocycles. The van der Waals surface area contributed by atoms with Gasteiger partial charge in [0.1, 0.15) is 11.3 Å². The Bertz CT molecular complexity index is 1200. The molecule has 3 aromatic rings. The topological polar surface area (TPSA) is 157 Å². The molecule has 0 spiro atoms. The largest absolute Gasteiger partial charge is 0.465 e. The van der Waals surface area contributed by atoms with Crippen LogP contribution in [-0.2, 0) is 9.47 Å². The number of hydrogen-bond acceptors (Lipinski definition) is 9. The Kier molecular flexibility index (Phi) is 5.72. The van der Waals surface area contributed by atoms with E-state index < -0.39 is 33.2 Å². The minimum absolute atomic E-state index is 0.212. The lowest BCUT2D eigenvalue weighted by Gasteiger charge is -2.07. The Morgan fingerprint density at radius 2 is 1.58 bits per heavy atom. The SMILES string of the molecule is COC(=O)c1c(-c2ccc([N+](=O)[O-])cc2[N+](=O)[O-])nn(-c2ccccc2)c1C(=O)OC. The van der Waals surface area contributed by atoms with E-state index in [0.717, 1.165) is 37.1 Å². The maximum absolute atomic E-state index is 12.6. The van der Waals surface area contributed by atoms with E-state index in [1.54, 1.807) is 30.3 Å². The van der Waals surface area contributed by atoms with E-state index in [9.17, 15) is 29.8 Å². The Morgan fingerprint density at radius 1 is 0.935 bits per heavy atom. The van der Waals surface area contributed by atoms with E-state index >= 15 is 0 Å².